The van der Waals surface area contributed by atoms with Crippen LogP contribution in [0.3, 0.4) is 0 Å². The number of aliphatic hydroxyl groups is 1. The molecule has 1 aromatic rings. The number of allylic oxidation sites excluding steroid dienone is 1. The van der Waals surface area contributed by atoms with Crippen LogP contribution < -0.4 is 4.74 Å². The number of ether oxygens (including phenoxy) is 4. The van der Waals surface area contributed by atoms with Gasteiger partial charge in [0.1, 0.15) is 24.6 Å². The Labute approximate surface area is 136 Å². The van der Waals surface area contributed by atoms with E-state index in [4.69, 9.17) is 18.9 Å². The Morgan fingerprint density at radius 2 is 2.26 bits per heavy atom. The highest BCUT2D eigenvalue weighted by molar-refractivity contribution is 5.29. The highest BCUT2D eigenvalue weighted by Gasteiger charge is 2.50. The topological polar surface area (TPSA) is 57.2 Å². The molecule has 0 aromatic heterocycles. The van der Waals surface area contributed by atoms with Crippen molar-refractivity contribution in [2.75, 3.05) is 6.61 Å². The van der Waals surface area contributed by atoms with Gasteiger partial charge in [0.15, 0.2) is 12.1 Å². The monoisotopic (exact) mass is 320 g/mol. The lowest BCUT2D eigenvalue weighted by Crippen LogP contribution is -2.34. The zero-order chi connectivity index (χ0) is 16.4. The molecule has 2 heterocycles. The fourth-order valence-corrected chi connectivity index (χ4v) is 3.00. The Morgan fingerprint density at radius 1 is 1.43 bits per heavy atom. The lowest BCUT2D eigenvalue weighted by molar-refractivity contribution is -0.215. The van der Waals surface area contributed by atoms with Crippen molar-refractivity contribution in [3.63, 3.8) is 0 Å². The van der Waals surface area contributed by atoms with Crippen LogP contribution in [-0.4, -0.2) is 42.1 Å². The molecular weight excluding hydrogens is 296 g/mol. The Hall–Kier alpha value is -1.40. The van der Waals surface area contributed by atoms with Gasteiger partial charge in [0.2, 0.25) is 0 Å². The molecule has 0 bridgehead atoms. The van der Waals surface area contributed by atoms with E-state index in [1.165, 1.54) is 0 Å². The largest absolute Gasteiger partial charge is 0.491 e. The van der Waals surface area contributed by atoms with Gasteiger partial charge < -0.3 is 24.1 Å². The summed E-state index contributed by atoms with van der Waals surface area (Å²) in [5.74, 6) is 0.114. The summed E-state index contributed by atoms with van der Waals surface area (Å²) < 4.78 is 22.8. The first kappa shape index (κ1) is 16.5. The molecule has 0 aliphatic carbocycles. The van der Waals surface area contributed by atoms with Crippen molar-refractivity contribution in [2.45, 2.75) is 57.1 Å². The SMILES string of the molecule is C=CCc1cccc(OCC(O)C2CC3OC(C)(C)OC3O2)c1. The average Bonchev–Trinajstić information content (AvgIpc) is 2.99. The maximum absolute atomic E-state index is 10.3. The molecular formula is C18H24O5. The summed E-state index contributed by atoms with van der Waals surface area (Å²) in [6, 6.07) is 7.77. The third kappa shape index (κ3) is 3.93. The number of hydrogen-bond acceptors (Lipinski definition) is 5. The quantitative estimate of drug-likeness (QED) is 0.816. The Bertz CT molecular complexity index is 540. The lowest BCUT2D eigenvalue weighted by atomic mass is 10.1. The zero-order valence-corrected chi connectivity index (χ0v) is 13.6. The maximum Gasteiger partial charge on any atom is 0.187 e. The van der Waals surface area contributed by atoms with Gasteiger partial charge in [-0.25, -0.2) is 0 Å². The smallest absolute Gasteiger partial charge is 0.187 e. The van der Waals surface area contributed by atoms with E-state index in [-0.39, 0.29) is 18.8 Å². The van der Waals surface area contributed by atoms with Gasteiger partial charge in [-0.05, 0) is 38.0 Å². The minimum Gasteiger partial charge on any atom is -0.491 e. The van der Waals surface area contributed by atoms with E-state index >= 15 is 0 Å². The van der Waals surface area contributed by atoms with Gasteiger partial charge in [0.05, 0.1) is 6.10 Å². The van der Waals surface area contributed by atoms with Crippen molar-refractivity contribution in [3.8, 4) is 5.75 Å². The van der Waals surface area contributed by atoms with Crippen LogP contribution in [0.15, 0.2) is 36.9 Å². The summed E-state index contributed by atoms with van der Waals surface area (Å²) in [5.41, 5.74) is 1.13. The van der Waals surface area contributed by atoms with Crippen LogP contribution in [0.1, 0.15) is 25.8 Å². The molecule has 4 atom stereocenters. The zero-order valence-electron chi connectivity index (χ0n) is 13.6. The van der Waals surface area contributed by atoms with Crippen LogP contribution in [0, 0.1) is 0 Å². The van der Waals surface area contributed by atoms with Crippen molar-refractivity contribution in [1.29, 1.82) is 0 Å². The summed E-state index contributed by atoms with van der Waals surface area (Å²) in [4.78, 5) is 0. The minimum atomic E-state index is -0.723. The van der Waals surface area contributed by atoms with E-state index in [1.807, 2.05) is 44.2 Å². The van der Waals surface area contributed by atoms with Gasteiger partial charge in [-0.3, -0.25) is 0 Å². The van der Waals surface area contributed by atoms with Gasteiger partial charge >= 0.3 is 0 Å². The number of hydrogen-bond donors (Lipinski definition) is 1. The Balaban J connectivity index is 1.50. The fourth-order valence-electron chi connectivity index (χ4n) is 3.00. The predicted molar refractivity (Wildman–Crippen MR) is 85.2 cm³/mol. The first-order valence-electron chi connectivity index (χ1n) is 7.98. The molecule has 126 valence electrons. The minimum absolute atomic E-state index is 0.124. The average molecular weight is 320 g/mol. The second-order valence-electron chi connectivity index (χ2n) is 6.47. The molecule has 0 radical (unpaired) electrons. The molecule has 2 saturated heterocycles. The number of benzene rings is 1. The molecule has 4 unspecified atom stereocenters. The number of fused-ring (bicyclic) bond motifs is 1. The molecule has 5 nitrogen and oxygen atoms in total. The highest BCUT2D eigenvalue weighted by atomic mass is 16.8. The lowest BCUT2D eigenvalue weighted by Gasteiger charge is -2.23. The molecule has 5 heteroatoms. The van der Waals surface area contributed by atoms with Crippen molar-refractivity contribution >= 4 is 0 Å². The van der Waals surface area contributed by atoms with E-state index in [9.17, 15) is 5.11 Å². The van der Waals surface area contributed by atoms with Gasteiger partial charge in [-0.15, -0.1) is 6.58 Å². The van der Waals surface area contributed by atoms with E-state index < -0.39 is 18.2 Å². The Kier molecular flexibility index (Phi) is 4.73. The molecule has 3 rings (SSSR count). The van der Waals surface area contributed by atoms with E-state index in [1.54, 1.807) is 0 Å². The third-order valence-electron chi connectivity index (χ3n) is 4.04. The maximum atomic E-state index is 10.3. The summed E-state index contributed by atoms with van der Waals surface area (Å²) in [5, 5.41) is 10.3. The highest BCUT2D eigenvalue weighted by Crippen LogP contribution is 2.37. The number of aliphatic hydroxyl groups excluding tert-OH is 1. The van der Waals surface area contributed by atoms with E-state index in [0.29, 0.717) is 6.42 Å². The normalized spacial score (nSPS) is 30.0. The second kappa shape index (κ2) is 6.61. The van der Waals surface area contributed by atoms with E-state index in [0.717, 1.165) is 17.7 Å². The fraction of sp³-hybridized carbons (Fsp3) is 0.556. The summed E-state index contributed by atoms with van der Waals surface area (Å²) in [6.07, 6.45) is 1.66. The summed E-state index contributed by atoms with van der Waals surface area (Å²) in [7, 11) is 0. The standard InChI is InChI=1S/C18H24O5/c1-4-6-12-7-5-8-13(9-12)20-11-14(19)15-10-16-17(21-15)23-18(2,3)22-16/h4-5,7-9,14-17,19H,1,6,10-11H2,2-3H3. The molecule has 0 amide bonds. The number of rotatable bonds is 6. The van der Waals surface area contributed by atoms with Gasteiger partial charge in [0, 0.05) is 6.42 Å². The van der Waals surface area contributed by atoms with Crippen LogP contribution in [0.2, 0.25) is 0 Å². The predicted octanol–water partition coefficient (Wildman–Crippen LogP) is 2.42. The van der Waals surface area contributed by atoms with Crippen molar-refractivity contribution in [1.82, 2.24) is 0 Å². The first-order chi connectivity index (χ1) is 11.0. The molecule has 0 saturated carbocycles. The van der Waals surface area contributed by atoms with Crippen molar-refractivity contribution in [3.05, 3.63) is 42.5 Å². The molecule has 2 aliphatic heterocycles. The molecule has 1 aromatic carbocycles. The second-order valence-corrected chi connectivity index (χ2v) is 6.47. The molecule has 1 N–H and O–H groups in total. The van der Waals surface area contributed by atoms with Crippen LogP contribution in [-0.2, 0) is 20.6 Å². The van der Waals surface area contributed by atoms with Gasteiger partial charge in [-0.2, -0.15) is 0 Å². The van der Waals surface area contributed by atoms with Crippen LogP contribution in [0.5, 0.6) is 5.75 Å². The Morgan fingerprint density at radius 3 is 3.00 bits per heavy atom. The van der Waals surface area contributed by atoms with Gasteiger partial charge in [0.25, 0.3) is 0 Å². The summed E-state index contributed by atoms with van der Waals surface area (Å²) in [6.45, 7) is 7.62. The third-order valence-corrected chi connectivity index (χ3v) is 4.04. The van der Waals surface area contributed by atoms with Gasteiger partial charge in [-0.1, -0.05) is 18.2 Å². The van der Waals surface area contributed by atoms with Crippen LogP contribution >= 0.6 is 0 Å². The van der Waals surface area contributed by atoms with Crippen LogP contribution in [0.25, 0.3) is 0 Å². The first-order valence-corrected chi connectivity index (χ1v) is 7.98. The summed E-state index contributed by atoms with van der Waals surface area (Å²) >= 11 is 0. The molecule has 23 heavy (non-hydrogen) atoms. The van der Waals surface area contributed by atoms with E-state index in [2.05, 4.69) is 6.58 Å². The van der Waals surface area contributed by atoms with Crippen LogP contribution in [0.4, 0.5) is 0 Å². The molecule has 0 spiro atoms. The van der Waals surface area contributed by atoms with Crippen molar-refractivity contribution in [2.24, 2.45) is 0 Å². The van der Waals surface area contributed by atoms with Crippen molar-refractivity contribution < 1.29 is 24.1 Å². The molecule has 2 aliphatic rings. The molecule has 2 fully saturated rings.